The molecule has 0 aromatic heterocycles. The first-order valence-electron chi connectivity index (χ1n) is 13.0. The Morgan fingerprint density at radius 1 is 0.620 bits per heavy atom. The summed E-state index contributed by atoms with van der Waals surface area (Å²) in [6, 6.07) is 2.68. The summed E-state index contributed by atoms with van der Waals surface area (Å²) >= 11 is 0. The van der Waals surface area contributed by atoms with E-state index in [4.69, 9.17) is 18.9 Å². The van der Waals surface area contributed by atoms with Crippen LogP contribution in [0.3, 0.4) is 0 Å². The van der Waals surface area contributed by atoms with Gasteiger partial charge in [-0.25, -0.2) is 26.4 Å². The number of sulfone groups is 2. The number of alkyl halides is 6. The first kappa shape index (κ1) is 38.9. The maximum absolute atomic E-state index is 13.1. The molecule has 24 heteroatoms. The van der Waals surface area contributed by atoms with E-state index in [1.54, 1.807) is 0 Å². The van der Waals surface area contributed by atoms with Gasteiger partial charge in [-0.1, -0.05) is 0 Å². The molecule has 0 saturated heterocycles. The number of rotatable bonds is 12. The van der Waals surface area contributed by atoms with Crippen LogP contribution in [0.2, 0.25) is 0 Å². The van der Waals surface area contributed by atoms with Crippen molar-refractivity contribution in [2.24, 2.45) is 0 Å². The number of esters is 2. The van der Waals surface area contributed by atoms with E-state index in [1.165, 1.54) is 13.8 Å². The molecule has 0 aliphatic rings. The summed E-state index contributed by atoms with van der Waals surface area (Å²) in [6.07, 6.45) is 0. The topological polar surface area (TPSA) is 226 Å². The second kappa shape index (κ2) is 14.1. The molecule has 0 saturated carbocycles. The van der Waals surface area contributed by atoms with Crippen LogP contribution in [0.1, 0.15) is 34.6 Å². The summed E-state index contributed by atoms with van der Waals surface area (Å²) < 4.78 is 146. The molecule has 0 aliphatic heterocycles. The molecular formula is C26H18F6N2O14S2. The maximum atomic E-state index is 13.1. The molecule has 0 atom stereocenters. The highest BCUT2D eigenvalue weighted by Gasteiger charge is 2.48. The highest BCUT2D eigenvalue weighted by molar-refractivity contribution is 7.92. The number of hydrogen-bond donors (Lipinski definition) is 0. The molecule has 0 heterocycles. The summed E-state index contributed by atoms with van der Waals surface area (Å²) in [6.45, 7) is 1.93. The summed E-state index contributed by atoms with van der Waals surface area (Å²) in [5, 5.41) is 23.4. The third-order valence-corrected chi connectivity index (χ3v) is 8.96. The molecule has 0 radical (unpaired) electrons. The van der Waals surface area contributed by atoms with Crippen LogP contribution < -0.4 is 9.47 Å². The van der Waals surface area contributed by atoms with Gasteiger partial charge in [0.2, 0.25) is 11.5 Å². The van der Waals surface area contributed by atoms with Gasteiger partial charge in [0, 0.05) is 12.1 Å². The molecule has 16 nitrogen and oxygen atoms in total. The van der Waals surface area contributed by atoms with Crippen molar-refractivity contribution < 1.29 is 81.6 Å². The van der Waals surface area contributed by atoms with Gasteiger partial charge in [0.25, 0.3) is 19.7 Å². The van der Waals surface area contributed by atoms with Crippen LogP contribution in [0, 0.1) is 20.2 Å². The van der Waals surface area contributed by atoms with Crippen molar-refractivity contribution in [3.63, 3.8) is 0 Å². The highest BCUT2D eigenvalue weighted by Crippen LogP contribution is 2.43. The van der Waals surface area contributed by atoms with Gasteiger partial charge in [-0.3, -0.25) is 20.2 Å². The molecule has 3 rings (SSSR count). The van der Waals surface area contributed by atoms with Crippen LogP contribution in [0.15, 0.2) is 58.3 Å². The van der Waals surface area contributed by atoms with Crippen LogP contribution in [-0.2, 0) is 29.1 Å². The lowest BCUT2D eigenvalue weighted by atomic mass is 10.1. The molecule has 0 unspecified atom stereocenters. The monoisotopic (exact) mass is 760 g/mol. The highest BCUT2D eigenvalue weighted by atomic mass is 32.2. The molecule has 0 spiro atoms. The molecule has 50 heavy (non-hydrogen) atoms. The van der Waals surface area contributed by atoms with Crippen LogP contribution >= 0.6 is 0 Å². The molecule has 0 bridgehead atoms. The Morgan fingerprint density at radius 2 is 0.940 bits per heavy atom. The minimum atomic E-state index is -6.09. The van der Waals surface area contributed by atoms with E-state index in [1.807, 2.05) is 0 Å². The van der Waals surface area contributed by atoms with E-state index in [0.29, 0.717) is 36.4 Å². The number of hydrogen-bond acceptors (Lipinski definition) is 14. The van der Waals surface area contributed by atoms with Crippen molar-refractivity contribution in [2.45, 2.75) is 34.7 Å². The molecule has 270 valence electrons. The van der Waals surface area contributed by atoms with Crippen molar-refractivity contribution in [1.29, 1.82) is 0 Å². The third-order valence-electron chi connectivity index (χ3n) is 6.00. The lowest BCUT2D eigenvalue weighted by Gasteiger charge is -2.17. The molecule has 0 fully saturated rings. The van der Waals surface area contributed by atoms with E-state index < -0.39 is 108 Å². The van der Waals surface area contributed by atoms with E-state index >= 15 is 0 Å². The van der Waals surface area contributed by atoms with Gasteiger partial charge >= 0.3 is 34.3 Å². The van der Waals surface area contributed by atoms with Crippen molar-refractivity contribution in [1.82, 2.24) is 0 Å². The number of carbonyl (C=O) groups is 2. The smallest absolute Gasteiger partial charge is 0.462 e. The van der Waals surface area contributed by atoms with E-state index in [9.17, 15) is 73.0 Å². The zero-order chi connectivity index (χ0) is 38.0. The van der Waals surface area contributed by atoms with Gasteiger partial charge in [-0.05, 0) is 50.2 Å². The van der Waals surface area contributed by atoms with Gasteiger partial charge in [-0.2, -0.15) is 26.3 Å². The van der Waals surface area contributed by atoms with Crippen LogP contribution in [0.5, 0.6) is 23.0 Å². The van der Waals surface area contributed by atoms with Crippen molar-refractivity contribution >= 4 is 43.0 Å². The minimum absolute atomic E-state index is 0.00765. The lowest BCUT2D eigenvalue weighted by Crippen LogP contribution is -2.23. The fraction of sp³-hybridized carbons (Fsp3) is 0.231. The Labute approximate surface area is 275 Å². The first-order valence-corrected chi connectivity index (χ1v) is 16.0. The second-order valence-corrected chi connectivity index (χ2v) is 13.0. The first-order chi connectivity index (χ1) is 23.0. The average Bonchev–Trinajstić information content (AvgIpc) is 3.00. The van der Waals surface area contributed by atoms with Crippen molar-refractivity contribution in [3.8, 4) is 23.0 Å². The summed E-state index contributed by atoms with van der Waals surface area (Å²) in [4.78, 5) is 43.5. The van der Waals surface area contributed by atoms with Gasteiger partial charge in [0.15, 0.2) is 0 Å². The summed E-state index contributed by atoms with van der Waals surface area (Å²) in [7, 11) is -12.2. The lowest BCUT2D eigenvalue weighted by molar-refractivity contribution is -0.386. The average molecular weight is 761 g/mol. The number of nitrogens with zero attached hydrogens (tertiary/aromatic N) is 2. The van der Waals surface area contributed by atoms with Crippen LogP contribution in [-0.4, -0.2) is 62.9 Å². The number of ether oxygens (including phenoxy) is 4. The van der Waals surface area contributed by atoms with Crippen molar-refractivity contribution in [2.75, 3.05) is 13.2 Å². The fourth-order valence-corrected chi connectivity index (χ4v) is 5.32. The molecule has 0 aliphatic carbocycles. The standard InChI is InChI=1S/C26H18F6N2O14S2/c1-3-45-23(35)15-11-22(48-20-8-6-14(10-18(20)34(39)40)50(43,44)26(30,31)32)16(24(36)46-4-2)12-21(15)47-19-7-5-13(9-17(19)33(37)38)49(41,42)25(27,28)29/h5-12H,3-4H2,1-2H3. The largest absolute Gasteiger partial charge is 0.501 e. The normalized spacial score (nSPS) is 12.2. The predicted molar refractivity (Wildman–Crippen MR) is 151 cm³/mol. The van der Waals surface area contributed by atoms with Gasteiger partial charge in [-0.15, -0.1) is 0 Å². The van der Waals surface area contributed by atoms with E-state index in [-0.39, 0.29) is 25.3 Å². The van der Waals surface area contributed by atoms with Crippen LogP contribution in [0.4, 0.5) is 37.7 Å². The molecule has 0 amide bonds. The molecule has 3 aromatic rings. The number of nitro groups is 2. The number of carbonyl (C=O) groups excluding carboxylic acids is 2. The maximum Gasteiger partial charge on any atom is 0.501 e. The Bertz CT molecular complexity index is 1950. The minimum Gasteiger partial charge on any atom is -0.462 e. The second-order valence-electron chi connectivity index (χ2n) is 9.16. The Kier molecular flexibility index (Phi) is 11.0. The zero-order valence-electron chi connectivity index (χ0n) is 24.7. The number of benzene rings is 3. The van der Waals surface area contributed by atoms with E-state index in [2.05, 4.69) is 0 Å². The molecule has 0 N–H and O–H groups in total. The van der Waals surface area contributed by atoms with Gasteiger partial charge in [0.1, 0.15) is 22.6 Å². The van der Waals surface area contributed by atoms with Crippen LogP contribution in [0.25, 0.3) is 0 Å². The fourth-order valence-electron chi connectivity index (χ4n) is 3.76. The number of nitro benzene ring substituents is 2. The Balaban J connectivity index is 2.29. The van der Waals surface area contributed by atoms with Gasteiger partial charge in [0.05, 0.1) is 32.9 Å². The zero-order valence-corrected chi connectivity index (χ0v) is 26.4. The summed E-state index contributed by atoms with van der Waals surface area (Å²) in [5.74, 6) is -6.25. The Morgan fingerprint density at radius 3 is 1.20 bits per heavy atom. The molecular weight excluding hydrogens is 742 g/mol. The number of halogens is 6. The SMILES string of the molecule is CCOC(=O)c1cc(Oc2ccc(S(=O)(=O)C(F)(F)F)cc2[N+](=O)[O-])c(C(=O)OCC)cc1Oc1ccc(S(=O)(=O)C(F)(F)F)cc1[N+](=O)[O-]. The Hall–Kier alpha value is -5.52. The third kappa shape index (κ3) is 7.85. The van der Waals surface area contributed by atoms with E-state index in [0.717, 1.165) is 0 Å². The van der Waals surface area contributed by atoms with Gasteiger partial charge < -0.3 is 18.9 Å². The quantitative estimate of drug-likeness (QED) is 0.0890. The predicted octanol–water partition coefficient (Wildman–Crippen LogP) is 6.03. The van der Waals surface area contributed by atoms with Crippen molar-refractivity contribution in [3.05, 3.63) is 79.9 Å². The summed E-state index contributed by atoms with van der Waals surface area (Å²) in [5.41, 5.74) is -16.0. The molecule has 3 aromatic carbocycles.